The molecule has 0 bridgehead atoms. The highest BCUT2D eigenvalue weighted by atomic mass is 16.3. The van der Waals surface area contributed by atoms with Gasteiger partial charge in [-0.3, -0.25) is 4.79 Å². The van der Waals surface area contributed by atoms with Crippen LogP contribution in [0.4, 0.5) is 0 Å². The molecule has 1 aromatic rings. The minimum absolute atomic E-state index is 0.0716. The van der Waals surface area contributed by atoms with Crippen LogP contribution in [0.5, 0.6) is 0 Å². The van der Waals surface area contributed by atoms with Crippen LogP contribution >= 0.6 is 0 Å². The topological polar surface area (TPSA) is 62.5 Å². The second kappa shape index (κ2) is 6.03. The van der Waals surface area contributed by atoms with E-state index in [2.05, 4.69) is 5.32 Å². The first kappa shape index (κ1) is 11.5. The summed E-state index contributed by atoms with van der Waals surface area (Å²) in [5, 5.41) is 11.4. The lowest BCUT2D eigenvalue weighted by Gasteiger charge is -2.06. The number of furan rings is 1. The number of aliphatic hydroxyl groups is 1. The van der Waals surface area contributed by atoms with E-state index in [4.69, 9.17) is 9.52 Å². The molecule has 15 heavy (non-hydrogen) atoms. The van der Waals surface area contributed by atoms with Gasteiger partial charge in [0.2, 0.25) is 5.91 Å². The fourth-order valence-corrected chi connectivity index (χ4v) is 0.942. The van der Waals surface area contributed by atoms with Gasteiger partial charge in [-0.2, -0.15) is 0 Å². The van der Waals surface area contributed by atoms with Crippen molar-refractivity contribution in [2.24, 2.45) is 5.92 Å². The Morgan fingerprint density at radius 1 is 1.73 bits per heavy atom. The molecule has 0 aromatic carbocycles. The number of amides is 1. The van der Waals surface area contributed by atoms with E-state index in [-0.39, 0.29) is 18.4 Å². The number of nitrogens with one attached hydrogen (secondary N) is 1. The molecule has 1 atom stereocenters. The molecule has 0 spiro atoms. The van der Waals surface area contributed by atoms with Gasteiger partial charge >= 0.3 is 0 Å². The van der Waals surface area contributed by atoms with Gasteiger partial charge in [-0.05, 0) is 24.1 Å². The summed E-state index contributed by atoms with van der Waals surface area (Å²) in [4.78, 5) is 11.2. The van der Waals surface area contributed by atoms with Crippen molar-refractivity contribution in [3.05, 3.63) is 30.2 Å². The number of carbonyl (C=O) groups excluding carboxylic acids is 1. The molecule has 2 N–H and O–H groups in total. The summed E-state index contributed by atoms with van der Waals surface area (Å²) in [5.41, 5.74) is 0. The van der Waals surface area contributed by atoms with Gasteiger partial charge in [0, 0.05) is 19.2 Å². The SMILES string of the molecule is CC(CO)CNC(=O)C=Cc1ccco1. The first-order chi connectivity index (χ1) is 7.22. The normalized spacial score (nSPS) is 12.9. The number of carbonyl (C=O) groups is 1. The maximum absolute atomic E-state index is 11.2. The van der Waals surface area contributed by atoms with E-state index in [1.807, 2.05) is 6.92 Å². The molecular formula is C11H15NO3. The Hall–Kier alpha value is -1.55. The Balaban J connectivity index is 2.30. The van der Waals surface area contributed by atoms with E-state index in [9.17, 15) is 4.79 Å². The molecule has 0 saturated heterocycles. The third-order valence-corrected chi connectivity index (χ3v) is 1.88. The fraction of sp³-hybridized carbons (Fsp3) is 0.364. The van der Waals surface area contributed by atoms with Crippen LogP contribution in [0.15, 0.2) is 28.9 Å². The summed E-state index contributed by atoms with van der Waals surface area (Å²) in [6.07, 6.45) is 4.55. The van der Waals surface area contributed by atoms with Gasteiger partial charge < -0.3 is 14.8 Å². The van der Waals surface area contributed by atoms with Crippen molar-refractivity contribution in [3.8, 4) is 0 Å². The zero-order chi connectivity index (χ0) is 11.1. The Kier molecular flexibility index (Phi) is 4.63. The zero-order valence-electron chi connectivity index (χ0n) is 8.64. The van der Waals surface area contributed by atoms with E-state index >= 15 is 0 Å². The van der Waals surface area contributed by atoms with Crippen LogP contribution < -0.4 is 5.32 Å². The fourth-order valence-electron chi connectivity index (χ4n) is 0.942. The van der Waals surface area contributed by atoms with Crippen molar-refractivity contribution in [2.75, 3.05) is 13.2 Å². The van der Waals surface area contributed by atoms with Crippen molar-refractivity contribution in [1.82, 2.24) is 5.32 Å². The molecule has 0 aliphatic heterocycles. The number of rotatable bonds is 5. The van der Waals surface area contributed by atoms with Crippen LogP contribution in [0, 0.1) is 5.92 Å². The van der Waals surface area contributed by atoms with Crippen LogP contribution in [-0.4, -0.2) is 24.2 Å². The highest BCUT2D eigenvalue weighted by Gasteiger charge is 2.01. The molecule has 0 aliphatic carbocycles. The maximum atomic E-state index is 11.2. The highest BCUT2D eigenvalue weighted by Crippen LogP contribution is 2.01. The minimum atomic E-state index is -0.188. The van der Waals surface area contributed by atoms with Crippen LogP contribution in [0.1, 0.15) is 12.7 Å². The molecule has 0 aliphatic rings. The lowest BCUT2D eigenvalue weighted by atomic mass is 10.2. The Labute approximate surface area is 88.6 Å². The van der Waals surface area contributed by atoms with Crippen LogP contribution in [0.3, 0.4) is 0 Å². The molecule has 1 amide bonds. The molecule has 4 nitrogen and oxygen atoms in total. The molecular weight excluding hydrogens is 194 g/mol. The van der Waals surface area contributed by atoms with Crippen molar-refractivity contribution in [1.29, 1.82) is 0 Å². The molecule has 0 fully saturated rings. The average molecular weight is 209 g/mol. The van der Waals surface area contributed by atoms with Gasteiger partial charge in [-0.15, -0.1) is 0 Å². The molecule has 0 saturated carbocycles. The van der Waals surface area contributed by atoms with E-state index in [0.717, 1.165) is 0 Å². The van der Waals surface area contributed by atoms with E-state index in [1.165, 1.54) is 6.08 Å². The Bertz CT molecular complexity index is 317. The van der Waals surface area contributed by atoms with Gasteiger partial charge in [-0.1, -0.05) is 6.92 Å². The Morgan fingerprint density at radius 2 is 2.53 bits per heavy atom. The van der Waals surface area contributed by atoms with Crippen LogP contribution in [0.2, 0.25) is 0 Å². The van der Waals surface area contributed by atoms with Gasteiger partial charge in [0.25, 0.3) is 0 Å². The predicted molar refractivity (Wildman–Crippen MR) is 57.0 cm³/mol. The van der Waals surface area contributed by atoms with Gasteiger partial charge in [0.05, 0.1) is 6.26 Å². The summed E-state index contributed by atoms with van der Waals surface area (Å²) in [7, 11) is 0. The van der Waals surface area contributed by atoms with Gasteiger partial charge in [0.1, 0.15) is 5.76 Å². The summed E-state index contributed by atoms with van der Waals surface area (Å²) < 4.78 is 5.02. The Morgan fingerprint density at radius 3 is 3.13 bits per heavy atom. The molecule has 1 aromatic heterocycles. The van der Waals surface area contributed by atoms with Crippen LogP contribution in [0.25, 0.3) is 6.08 Å². The lowest BCUT2D eigenvalue weighted by Crippen LogP contribution is -2.27. The largest absolute Gasteiger partial charge is 0.465 e. The van der Waals surface area contributed by atoms with Crippen molar-refractivity contribution in [2.45, 2.75) is 6.92 Å². The van der Waals surface area contributed by atoms with Crippen molar-refractivity contribution < 1.29 is 14.3 Å². The standard InChI is InChI=1S/C11H15NO3/c1-9(8-13)7-12-11(14)5-4-10-3-2-6-15-10/h2-6,9,13H,7-8H2,1H3,(H,12,14). The monoisotopic (exact) mass is 209 g/mol. The molecule has 1 rings (SSSR count). The smallest absolute Gasteiger partial charge is 0.244 e. The summed E-state index contributed by atoms with van der Waals surface area (Å²) in [6.45, 7) is 2.40. The van der Waals surface area contributed by atoms with E-state index < -0.39 is 0 Å². The first-order valence-electron chi connectivity index (χ1n) is 4.82. The lowest BCUT2D eigenvalue weighted by molar-refractivity contribution is -0.116. The zero-order valence-corrected chi connectivity index (χ0v) is 8.64. The predicted octanol–water partition coefficient (Wildman–Crippen LogP) is 1.04. The number of hydrogen-bond acceptors (Lipinski definition) is 3. The van der Waals surface area contributed by atoms with Crippen LogP contribution in [-0.2, 0) is 4.79 Å². The highest BCUT2D eigenvalue weighted by molar-refractivity contribution is 5.91. The minimum Gasteiger partial charge on any atom is -0.465 e. The van der Waals surface area contributed by atoms with Crippen molar-refractivity contribution in [3.63, 3.8) is 0 Å². The second-order valence-corrected chi connectivity index (χ2v) is 3.38. The third kappa shape index (κ3) is 4.46. The average Bonchev–Trinajstić information content (AvgIpc) is 2.75. The van der Waals surface area contributed by atoms with E-state index in [0.29, 0.717) is 12.3 Å². The van der Waals surface area contributed by atoms with Gasteiger partial charge in [0.15, 0.2) is 0 Å². The molecule has 1 unspecified atom stereocenters. The van der Waals surface area contributed by atoms with E-state index in [1.54, 1.807) is 24.5 Å². The summed E-state index contributed by atoms with van der Waals surface area (Å²) >= 11 is 0. The second-order valence-electron chi connectivity index (χ2n) is 3.38. The summed E-state index contributed by atoms with van der Waals surface area (Å²) in [5.74, 6) is 0.526. The molecule has 1 heterocycles. The maximum Gasteiger partial charge on any atom is 0.244 e. The first-order valence-corrected chi connectivity index (χ1v) is 4.82. The number of hydrogen-bond donors (Lipinski definition) is 2. The third-order valence-electron chi connectivity index (χ3n) is 1.88. The van der Waals surface area contributed by atoms with Crippen molar-refractivity contribution >= 4 is 12.0 Å². The molecule has 4 heteroatoms. The quantitative estimate of drug-likeness (QED) is 0.712. The van der Waals surface area contributed by atoms with Gasteiger partial charge in [-0.25, -0.2) is 0 Å². The molecule has 0 radical (unpaired) electrons. The molecule has 82 valence electrons. The summed E-state index contributed by atoms with van der Waals surface area (Å²) in [6, 6.07) is 3.52. The number of aliphatic hydroxyl groups excluding tert-OH is 1.